The van der Waals surface area contributed by atoms with Crippen molar-refractivity contribution >= 4 is 8.80 Å². The van der Waals surface area contributed by atoms with Crippen LogP contribution in [0.5, 0.6) is 0 Å². The van der Waals surface area contributed by atoms with Crippen LogP contribution < -0.4 is 16.6 Å². The van der Waals surface area contributed by atoms with Gasteiger partial charge in [0.15, 0.2) is 0 Å². The Balaban J connectivity index is 3.54. The second-order valence-corrected chi connectivity index (χ2v) is 6.13. The molecule has 6 nitrogen and oxygen atoms in total. The Morgan fingerprint density at radius 3 is 2.00 bits per heavy atom. The zero-order valence-electron chi connectivity index (χ0n) is 9.84. The Hall–Kier alpha value is -0.0231. The average molecular weight is 237 g/mol. The summed E-state index contributed by atoms with van der Waals surface area (Å²) in [5.74, 6) is 0. The van der Waals surface area contributed by atoms with Crippen molar-refractivity contribution in [2.24, 2.45) is 5.73 Å². The van der Waals surface area contributed by atoms with Crippen LogP contribution in [0.1, 0.15) is 6.42 Å². The second kappa shape index (κ2) is 9.22. The van der Waals surface area contributed by atoms with E-state index in [0.717, 1.165) is 25.6 Å². The Morgan fingerprint density at radius 1 is 1.00 bits per heavy atom. The van der Waals surface area contributed by atoms with E-state index in [1.54, 1.807) is 21.3 Å². The molecular weight excluding hydrogens is 214 g/mol. The quantitative estimate of drug-likeness (QED) is 0.265. The predicted octanol–water partition coefficient (Wildman–Crippen LogP) is -0.692. The van der Waals surface area contributed by atoms with E-state index in [9.17, 15) is 0 Å². The molecule has 0 unspecified atom stereocenters. The highest BCUT2D eigenvalue weighted by atomic mass is 28.4. The van der Waals surface area contributed by atoms with E-state index in [0.29, 0.717) is 6.54 Å². The van der Waals surface area contributed by atoms with Gasteiger partial charge in [-0.05, 0) is 6.42 Å². The molecule has 0 saturated heterocycles. The van der Waals surface area contributed by atoms with Crippen LogP contribution in [0.2, 0.25) is 6.04 Å². The van der Waals surface area contributed by atoms with E-state index >= 15 is 0 Å². The van der Waals surface area contributed by atoms with Crippen LogP contribution >= 0.6 is 0 Å². The Kier molecular flexibility index (Phi) is 9.21. The minimum absolute atomic E-state index is 0.625. The van der Waals surface area contributed by atoms with Crippen LogP contribution in [0.4, 0.5) is 0 Å². The fraction of sp³-hybridized carbons (Fsp3) is 1.00. The van der Waals surface area contributed by atoms with Crippen molar-refractivity contribution in [2.45, 2.75) is 12.5 Å². The van der Waals surface area contributed by atoms with Gasteiger partial charge in [0.1, 0.15) is 0 Å². The molecule has 0 saturated carbocycles. The monoisotopic (exact) mass is 237 g/mol. The molecule has 15 heavy (non-hydrogen) atoms. The van der Waals surface area contributed by atoms with Crippen LogP contribution in [0.15, 0.2) is 0 Å². The summed E-state index contributed by atoms with van der Waals surface area (Å²) in [5.41, 5.74) is 11.4. The van der Waals surface area contributed by atoms with Gasteiger partial charge >= 0.3 is 8.80 Å². The van der Waals surface area contributed by atoms with Crippen LogP contribution in [-0.4, -0.2) is 49.8 Å². The zero-order valence-corrected chi connectivity index (χ0v) is 10.8. The molecule has 0 aliphatic carbocycles. The minimum Gasteiger partial charge on any atom is -0.377 e. The number of nitrogens with two attached hydrogens (primary N) is 1. The normalized spacial score (nSPS) is 12.0. The topological polar surface area (TPSA) is 77.8 Å². The van der Waals surface area contributed by atoms with Gasteiger partial charge in [-0.3, -0.25) is 10.9 Å². The molecule has 0 atom stereocenters. The van der Waals surface area contributed by atoms with E-state index in [-0.39, 0.29) is 0 Å². The minimum atomic E-state index is -2.38. The SMILES string of the molecule is CO[Si](CCCNNCCN)(OC)OC. The molecule has 4 N–H and O–H groups in total. The van der Waals surface area contributed by atoms with E-state index in [4.69, 9.17) is 19.0 Å². The van der Waals surface area contributed by atoms with Gasteiger partial charge in [0.2, 0.25) is 0 Å². The molecule has 0 amide bonds. The summed E-state index contributed by atoms with van der Waals surface area (Å²) in [6, 6.07) is 0.799. The molecule has 0 rings (SSSR count). The lowest BCUT2D eigenvalue weighted by Gasteiger charge is -2.24. The number of hydrazine groups is 1. The van der Waals surface area contributed by atoms with Gasteiger partial charge in [-0.25, -0.2) is 0 Å². The summed E-state index contributed by atoms with van der Waals surface area (Å²) in [5, 5.41) is 0. The highest BCUT2D eigenvalue weighted by Gasteiger charge is 2.36. The fourth-order valence-electron chi connectivity index (χ4n) is 1.20. The van der Waals surface area contributed by atoms with Crippen molar-refractivity contribution < 1.29 is 13.3 Å². The molecule has 0 bridgehead atoms. The van der Waals surface area contributed by atoms with Crippen LogP contribution in [0, 0.1) is 0 Å². The maximum absolute atomic E-state index is 5.32. The van der Waals surface area contributed by atoms with Gasteiger partial charge in [-0.1, -0.05) is 0 Å². The van der Waals surface area contributed by atoms with Gasteiger partial charge in [0.05, 0.1) is 0 Å². The van der Waals surface area contributed by atoms with E-state index in [1.807, 2.05) is 0 Å². The molecule has 0 radical (unpaired) electrons. The van der Waals surface area contributed by atoms with Crippen molar-refractivity contribution in [2.75, 3.05) is 41.0 Å². The lowest BCUT2D eigenvalue weighted by Crippen LogP contribution is -2.44. The first-order valence-corrected chi connectivity index (χ1v) is 6.99. The molecule has 0 aromatic rings. The Morgan fingerprint density at radius 2 is 1.53 bits per heavy atom. The molecule has 92 valence electrons. The van der Waals surface area contributed by atoms with Crippen LogP contribution in [-0.2, 0) is 13.3 Å². The van der Waals surface area contributed by atoms with E-state index in [2.05, 4.69) is 10.9 Å². The molecule has 7 heteroatoms. The summed E-state index contributed by atoms with van der Waals surface area (Å²) in [6.07, 6.45) is 0.930. The highest BCUT2D eigenvalue weighted by molar-refractivity contribution is 6.60. The van der Waals surface area contributed by atoms with Crippen LogP contribution in [0.3, 0.4) is 0 Å². The Bertz CT molecular complexity index is 139. The van der Waals surface area contributed by atoms with E-state index in [1.165, 1.54) is 0 Å². The van der Waals surface area contributed by atoms with Crippen molar-refractivity contribution in [3.8, 4) is 0 Å². The third kappa shape index (κ3) is 6.20. The summed E-state index contributed by atoms with van der Waals surface area (Å²) in [7, 11) is 2.49. The lowest BCUT2D eigenvalue weighted by molar-refractivity contribution is 0.123. The molecule has 0 spiro atoms. The van der Waals surface area contributed by atoms with Gasteiger partial charge < -0.3 is 19.0 Å². The lowest BCUT2D eigenvalue weighted by atomic mass is 10.5. The van der Waals surface area contributed by atoms with Gasteiger partial charge in [-0.2, -0.15) is 0 Å². The third-order valence-corrected chi connectivity index (χ3v) is 4.94. The predicted molar refractivity (Wildman–Crippen MR) is 61.3 cm³/mol. The number of rotatable bonds is 10. The molecule has 0 aromatic heterocycles. The number of nitrogens with one attached hydrogen (secondary N) is 2. The first-order valence-electron chi connectivity index (χ1n) is 5.06. The van der Waals surface area contributed by atoms with Crippen molar-refractivity contribution in [3.05, 3.63) is 0 Å². The van der Waals surface area contributed by atoms with Crippen molar-refractivity contribution in [1.29, 1.82) is 0 Å². The second-order valence-electron chi connectivity index (χ2n) is 3.04. The zero-order chi connectivity index (χ0) is 11.6. The molecule has 0 heterocycles. The standard InChI is InChI=1S/C8H23N3O3Si/c1-12-15(13-2,14-3)8-4-6-10-11-7-5-9/h10-11H,4-9H2,1-3H3. The summed E-state index contributed by atoms with van der Waals surface area (Å²) >= 11 is 0. The smallest absolute Gasteiger partial charge is 0.377 e. The van der Waals surface area contributed by atoms with Crippen molar-refractivity contribution in [1.82, 2.24) is 10.9 Å². The summed E-state index contributed by atoms with van der Waals surface area (Å²) in [4.78, 5) is 0. The summed E-state index contributed by atoms with van der Waals surface area (Å²) in [6.45, 7) is 2.23. The number of hydrogen-bond acceptors (Lipinski definition) is 6. The van der Waals surface area contributed by atoms with Crippen molar-refractivity contribution in [3.63, 3.8) is 0 Å². The van der Waals surface area contributed by atoms with Gasteiger partial charge in [0, 0.05) is 47.0 Å². The largest absolute Gasteiger partial charge is 0.500 e. The number of hydrogen-bond donors (Lipinski definition) is 3. The molecule has 0 aliphatic rings. The summed E-state index contributed by atoms with van der Waals surface area (Å²) < 4.78 is 15.9. The molecular formula is C8H23N3O3Si. The van der Waals surface area contributed by atoms with Gasteiger partial charge in [-0.15, -0.1) is 0 Å². The first-order chi connectivity index (χ1) is 7.24. The fourth-order valence-corrected chi connectivity index (χ4v) is 2.92. The van der Waals surface area contributed by atoms with E-state index < -0.39 is 8.80 Å². The highest BCUT2D eigenvalue weighted by Crippen LogP contribution is 2.13. The maximum atomic E-state index is 5.32. The van der Waals surface area contributed by atoms with Gasteiger partial charge in [0.25, 0.3) is 0 Å². The van der Waals surface area contributed by atoms with Crippen LogP contribution in [0.25, 0.3) is 0 Å². The molecule has 0 fully saturated rings. The average Bonchev–Trinajstić information content (AvgIpc) is 2.29. The first kappa shape index (κ1) is 15.0. The third-order valence-electron chi connectivity index (χ3n) is 2.11. The molecule has 0 aliphatic heterocycles. The Labute approximate surface area is 92.8 Å². The molecule has 0 aromatic carbocycles. The maximum Gasteiger partial charge on any atom is 0.500 e.